The molecule has 4 heteroatoms. The van der Waals surface area contributed by atoms with Crippen molar-refractivity contribution in [2.24, 2.45) is 0 Å². The van der Waals surface area contributed by atoms with Crippen molar-refractivity contribution >= 4 is 46.1 Å². The predicted octanol–water partition coefficient (Wildman–Crippen LogP) is 35.7. The minimum absolute atomic E-state index is 0.0708. The Bertz CT molecular complexity index is 7310. The fourth-order valence-electron chi connectivity index (χ4n) is 19.7. The molecule has 21 rings (SSSR count). The summed E-state index contributed by atoms with van der Waals surface area (Å²) in [5.74, 6) is 0. The van der Waals surface area contributed by atoms with Gasteiger partial charge in [-0.25, -0.2) is 0 Å². The molecule has 0 saturated carbocycles. The van der Waals surface area contributed by atoms with E-state index < -0.39 is 14.3 Å². The van der Waals surface area contributed by atoms with Gasteiger partial charge in [0.25, 0.3) is 0 Å². The lowest BCUT2D eigenvalue weighted by molar-refractivity contribution is 0.591. The Kier molecular flexibility index (Phi) is 37.0. The topological polar surface area (TPSA) is 34.1 Å². The highest BCUT2D eigenvalue weighted by molar-refractivity contribution is 7.85. The van der Waals surface area contributed by atoms with E-state index in [-0.39, 0.29) is 21.7 Å². The van der Waals surface area contributed by atoms with Crippen LogP contribution in [0.5, 0.6) is 0 Å². The first-order chi connectivity index (χ1) is 72.0. The molecule has 2 nitrogen and oxygen atoms in total. The fraction of sp³-hybridized carbons (Fsp3) is 0.178. The Morgan fingerprint density at radius 1 is 0.153 bits per heavy atom. The van der Waals surface area contributed by atoms with Crippen LogP contribution in [0.15, 0.2) is 497 Å². The van der Waals surface area contributed by atoms with Crippen molar-refractivity contribution in [3.63, 3.8) is 0 Å². The maximum atomic E-state index is 14.2. The molecule has 0 amide bonds. The Morgan fingerprint density at radius 3 is 0.533 bits per heavy atom. The Morgan fingerprint density at radius 2 is 0.320 bits per heavy atom. The number of hydrogen-bond acceptors (Lipinski definition) is 2. The maximum absolute atomic E-state index is 14.2. The lowest BCUT2D eigenvalue weighted by atomic mass is 9.67. The minimum Gasteiger partial charge on any atom is -0.309 e. The summed E-state index contributed by atoms with van der Waals surface area (Å²) in [4.78, 5) is 0. The molecule has 0 fully saturated rings. The molecule has 0 N–H and O–H groups in total. The summed E-state index contributed by atoms with van der Waals surface area (Å²) in [6.45, 7) is 47.1. The third-order valence-corrected chi connectivity index (χ3v) is 35.6. The first kappa shape index (κ1) is 111. The second-order valence-electron chi connectivity index (χ2n) is 41.9. The highest BCUT2D eigenvalue weighted by Gasteiger charge is 2.46. The summed E-state index contributed by atoms with van der Waals surface area (Å²) >= 11 is 0. The quantitative estimate of drug-likeness (QED) is 0.0714. The molecule has 0 aliphatic heterocycles. The first-order valence-corrected chi connectivity index (χ1v) is 56.0. The highest BCUT2D eigenvalue weighted by Crippen LogP contribution is 2.56. The van der Waals surface area contributed by atoms with Gasteiger partial charge in [0, 0.05) is 48.1 Å². The molecule has 0 aromatic heterocycles. The summed E-state index contributed by atoms with van der Waals surface area (Å²) in [6, 6.07) is 176. The van der Waals surface area contributed by atoms with E-state index in [2.05, 4.69) is 463 Å². The van der Waals surface area contributed by atoms with Gasteiger partial charge in [-0.1, -0.05) is 611 Å². The Hall–Kier alpha value is -15.1. The zero-order chi connectivity index (χ0) is 107. The molecule has 20 aromatic rings. The molecule has 0 saturated heterocycles. The largest absolute Gasteiger partial charge is 0.309 e. The van der Waals surface area contributed by atoms with Crippen LogP contribution < -0.4 is 31.8 Å². The molecule has 20 aromatic carbocycles. The van der Waals surface area contributed by atoms with Crippen molar-refractivity contribution in [3.05, 3.63) is 664 Å². The molecule has 754 valence electrons. The van der Waals surface area contributed by atoms with Gasteiger partial charge in [-0.3, -0.25) is 0 Å². The summed E-state index contributed by atoms with van der Waals surface area (Å²) in [6.07, 6.45) is 0. The van der Waals surface area contributed by atoms with Gasteiger partial charge in [-0.15, -0.1) is 0 Å². The number of hydrogen-bond donors (Lipinski definition) is 0. The maximum Gasteiger partial charge on any atom is 0.171 e. The van der Waals surface area contributed by atoms with Gasteiger partial charge in [0.05, 0.1) is 5.41 Å². The zero-order valence-corrected chi connectivity index (χ0v) is 93.8. The average molecular weight is 2000 g/mol. The van der Waals surface area contributed by atoms with Crippen LogP contribution in [-0.2, 0) is 30.8 Å². The van der Waals surface area contributed by atoms with Gasteiger partial charge in [0.2, 0.25) is 0 Å². The third-order valence-electron chi connectivity index (χ3n) is 29.5. The van der Waals surface area contributed by atoms with E-state index >= 15 is 0 Å². The van der Waals surface area contributed by atoms with Crippen molar-refractivity contribution in [2.45, 2.75) is 174 Å². The zero-order valence-electron chi connectivity index (χ0n) is 92.1. The van der Waals surface area contributed by atoms with Crippen molar-refractivity contribution in [3.8, 4) is 11.1 Å². The molecule has 0 bridgehead atoms. The lowest BCUT2D eigenvalue weighted by Crippen LogP contribution is -2.28. The van der Waals surface area contributed by atoms with Gasteiger partial charge in [0.15, 0.2) is 14.3 Å². The minimum atomic E-state index is -2.84. The van der Waals surface area contributed by atoms with E-state index in [1.807, 2.05) is 186 Å². The van der Waals surface area contributed by atoms with Gasteiger partial charge in [-0.2, -0.15) is 0 Å². The summed E-state index contributed by atoms with van der Waals surface area (Å²) in [5, 5.41) is 5.30. The summed E-state index contributed by atoms with van der Waals surface area (Å²) in [7, 11) is -5.65. The fourth-order valence-corrected chi connectivity index (χ4v) is 24.9. The van der Waals surface area contributed by atoms with E-state index in [1.54, 1.807) is 0 Å². The van der Waals surface area contributed by atoms with E-state index in [4.69, 9.17) is 0 Å². The van der Waals surface area contributed by atoms with Gasteiger partial charge in [-0.05, 0) is 216 Å². The molecule has 1 aliphatic rings. The summed E-state index contributed by atoms with van der Waals surface area (Å²) in [5.41, 5.74) is 41.2. The van der Waals surface area contributed by atoms with Gasteiger partial charge in [0.1, 0.15) is 0 Å². The lowest BCUT2D eigenvalue weighted by Gasteiger charge is -2.34. The smallest absolute Gasteiger partial charge is 0.171 e. The van der Waals surface area contributed by atoms with Crippen LogP contribution in [0.4, 0.5) is 0 Å². The Labute approximate surface area is 898 Å². The average Bonchev–Trinajstić information content (AvgIpc) is 1.54. The molecule has 0 heterocycles. The van der Waals surface area contributed by atoms with Crippen LogP contribution in [0.1, 0.15) is 195 Å². The number of benzene rings is 20. The molecular formula is C146H148O2P2. The molecule has 0 spiro atoms. The van der Waals surface area contributed by atoms with Crippen LogP contribution in [0.2, 0.25) is 0 Å². The Balaban J connectivity index is 0.000000138. The predicted molar refractivity (Wildman–Crippen MR) is 648 cm³/mol. The molecule has 0 unspecified atom stereocenters. The van der Waals surface area contributed by atoms with E-state index in [1.165, 1.54) is 178 Å². The standard InChI is InChI=1S/C27H22.C23H24.C22H22.C21H21OP.C20H19OP.C17H20.2C8H10/c1-19-11-15-21(16-12-19)27(22-17-13-20(2)14-18-22)25-9-5-3-7-23(25)24-8-4-6-10-26(24)27;1-17-5-11-20(12-6-17)23(4,21-13-7-18(2)8-14-21)22-15-9-19(3)10-16-22;1-17-9-13-20(14-10-17)22(3,19-7-5-4-6-8-19)21-15-11-18(2)12-16-21;1-16-4-10-19(11-5-16)23(22,20-12-6-17(2)7-13-20)21-14-8-18(3)9-15-21;1-16-8-12-19(13-9-16)22(21,18-6-4-3-5-7-18)20-14-10-17(2)11-15-20;1-13-5-9-15(10-6-13)17(3,4)16-11-7-14(2)8-12-16;1-7-3-5-8(2)6-4-7;1-7-4-3-5-8(2)6-7/h3-18H,1-2H3;5-16H,1-4H3;4-16H,1-3H3;4-15H,1-3H3;3-15H,1-2H3;5-12H,1-4H3;2*3-6H,1-2H3. The molecule has 0 atom stereocenters. The molecule has 150 heavy (non-hydrogen) atoms. The highest BCUT2D eigenvalue weighted by atomic mass is 31.2. The van der Waals surface area contributed by atoms with E-state index in [0.29, 0.717) is 0 Å². The number of rotatable bonds is 16. The second kappa shape index (κ2) is 50.2. The van der Waals surface area contributed by atoms with E-state index in [0.717, 1.165) is 31.8 Å². The van der Waals surface area contributed by atoms with Crippen LogP contribution in [0.25, 0.3) is 11.1 Å². The normalized spacial score (nSPS) is 11.6. The second-order valence-corrected chi connectivity index (χ2v) is 47.5. The van der Waals surface area contributed by atoms with Gasteiger partial charge < -0.3 is 9.13 Å². The van der Waals surface area contributed by atoms with Crippen molar-refractivity contribution in [1.82, 2.24) is 0 Å². The van der Waals surface area contributed by atoms with Gasteiger partial charge >= 0.3 is 0 Å². The SMILES string of the molecule is Cc1ccc(C(C)(C)c2ccc(C)cc2)cc1.Cc1ccc(C(C)(c2ccc(C)cc2)c2ccc(C)cc2)cc1.Cc1ccc(C(C)(c2ccccc2)c2ccc(C)cc2)cc1.Cc1ccc(C)cc1.Cc1ccc(C2(c3ccc(C)cc3)c3ccccc3-c3ccccc32)cc1.Cc1ccc(P(=O)(c2ccc(C)cc2)c2ccc(C)cc2)cc1.Cc1ccc(P(=O)(c2ccccc2)c2ccc(C)cc2)cc1.Cc1cccc(C)c1. The van der Waals surface area contributed by atoms with Crippen molar-refractivity contribution in [1.29, 1.82) is 0 Å². The molecular weight excluding hydrogens is 1850 g/mol. The van der Waals surface area contributed by atoms with Crippen LogP contribution in [-0.4, -0.2) is 0 Å². The third kappa shape index (κ3) is 26.6. The molecule has 0 radical (unpaired) electrons. The molecule has 1 aliphatic carbocycles. The van der Waals surface area contributed by atoms with Crippen molar-refractivity contribution in [2.75, 3.05) is 0 Å². The number of aryl methyl sites for hydroxylation is 18. The summed E-state index contributed by atoms with van der Waals surface area (Å²) < 4.78 is 28.2. The number of fused-ring (bicyclic) bond motifs is 3. The first-order valence-electron chi connectivity index (χ1n) is 52.6. The van der Waals surface area contributed by atoms with Crippen LogP contribution in [0, 0.1) is 125 Å². The van der Waals surface area contributed by atoms with Crippen LogP contribution in [0.3, 0.4) is 0 Å². The van der Waals surface area contributed by atoms with E-state index in [9.17, 15) is 9.13 Å². The monoisotopic (exact) mass is 2000 g/mol. The van der Waals surface area contributed by atoms with Crippen LogP contribution >= 0.6 is 14.3 Å². The van der Waals surface area contributed by atoms with Crippen molar-refractivity contribution < 1.29 is 9.13 Å².